The van der Waals surface area contributed by atoms with E-state index in [0.29, 0.717) is 11.8 Å². The van der Waals surface area contributed by atoms with Crippen molar-refractivity contribution >= 4 is 0 Å². The molecule has 2 fully saturated rings. The van der Waals surface area contributed by atoms with E-state index in [1.807, 2.05) is 0 Å². The van der Waals surface area contributed by atoms with E-state index in [-0.39, 0.29) is 0 Å². The summed E-state index contributed by atoms with van der Waals surface area (Å²) in [6, 6.07) is 8.63. The van der Waals surface area contributed by atoms with Crippen molar-refractivity contribution in [3.05, 3.63) is 35.4 Å². The minimum absolute atomic E-state index is 0.336. The van der Waals surface area contributed by atoms with Gasteiger partial charge in [0.1, 0.15) is 0 Å². The second-order valence-electron chi connectivity index (χ2n) is 6.20. The van der Waals surface area contributed by atoms with E-state index in [0.717, 1.165) is 25.9 Å². The van der Waals surface area contributed by atoms with Gasteiger partial charge in [0, 0.05) is 12.5 Å². The molecule has 1 aromatic carbocycles. The van der Waals surface area contributed by atoms with Gasteiger partial charge < -0.3 is 10.4 Å². The summed E-state index contributed by atoms with van der Waals surface area (Å²) in [4.78, 5) is 0. The lowest BCUT2D eigenvalue weighted by molar-refractivity contribution is -0.0490. The number of aliphatic hydroxyl groups is 1. The highest BCUT2D eigenvalue weighted by molar-refractivity contribution is 5.37. The monoisotopic (exact) mass is 259 g/mol. The zero-order valence-corrected chi connectivity index (χ0v) is 11.9. The fraction of sp³-hybridized carbons (Fsp3) is 0.647. The van der Waals surface area contributed by atoms with Crippen LogP contribution in [-0.2, 0) is 5.60 Å². The van der Waals surface area contributed by atoms with Crippen molar-refractivity contribution in [1.82, 2.24) is 5.32 Å². The molecule has 1 saturated heterocycles. The molecule has 2 N–H and O–H groups in total. The summed E-state index contributed by atoms with van der Waals surface area (Å²) in [5, 5.41) is 14.7. The van der Waals surface area contributed by atoms with Gasteiger partial charge in [0.15, 0.2) is 0 Å². The smallest absolute Gasteiger partial charge is 0.0951 e. The lowest BCUT2D eigenvalue weighted by atomic mass is 9.69. The minimum Gasteiger partial charge on any atom is -0.385 e. The first-order valence-electron chi connectivity index (χ1n) is 7.78. The molecule has 2 unspecified atom stereocenters. The first kappa shape index (κ1) is 13.1. The molecule has 2 heteroatoms. The molecular weight excluding hydrogens is 234 g/mol. The molecule has 2 nitrogen and oxygen atoms in total. The molecule has 1 aliphatic heterocycles. The van der Waals surface area contributed by atoms with Gasteiger partial charge in [-0.1, -0.05) is 37.6 Å². The molecule has 0 amide bonds. The zero-order chi connectivity index (χ0) is 13.3. The van der Waals surface area contributed by atoms with Crippen molar-refractivity contribution < 1.29 is 5.11 Å². The highest BCUT2D eigenvalue weighted by Crippen LogP contribution is 2.45. The summed E-state index contributed by atoms with van der Waals surface area (Å²) < 4.78 is 0. The number of hydrogen-bond acceptors (Lipinski definition) is 2. The van der Waals surface area contributed by atoms with Crippen LogP contribution in [0.4, 0.5) is 0 Å². The van der Waals surface area contributed by atoms with Crippen LogP contribution in [0.25, 0.3) is 0 Å². The predicted molar refractivity (Wildman–Crippen MR) is 78.2 cm³/mol. The molecule has 104 valence electrons. The molecule has 2 aliphatic rings. The van der Waals surface area contributed by atoms with Crippen LogP contribution in [0.3, 0.4) is 0 Å². The van der Waals surface area contributed by atoms with Gasteiger partial charge in [-0.2, -0.15) is 0 Å². The average Bonchev–Trinajstić information content (AvgIpc) is 2.38. The molecular formula is C17H25NO. The number of benzene rings is 1. The first-order chi connectivity index (χ1) is 9.25. The third kappa shape index (κ3) is 2.21. The van der Waals surface area contributed by atoms with E-state index in [1.165, 1.54) is 30.4 Å². The lowest BCUT2D eigenvalue weighted by Gasteiger charge is -2.43. The van der Waals surface area contributed by atoms with E-state index in [4.69, 9.17) is 0 Å². The average molecular weight is 259 g/mol. The maximum Gasteiger partial charge on any atom is 0.0951 e. The summed E-state index contributed by atoms with van der Waals surface area (Å²) >= 11 is 0. The van der Waals surface area contributed by atoms with Gasteiger partial charge >= 0.3 is 0 Å². The van der Waals surface area contributed by atoms with Gasteiger partial charge in [0.25, 0.3) is 0 Å². The Hall–Kier alpha value is -0.860. The molecule has 19 heavy (non-hydrogen) atoms. The Morgan fingerprint density at radius 2 is 2.11 bits per heavy atom. The van der Waals surface area contributed by atoms with Crippen molar-refractivity contribution in [3.63, 3.8) is 0 Å². The van der Waals surface area contributed by atoms with Crippen LogP contribution in [0.15, 0.2) is 24.3 Å². The molecule has 0 radical (unpaired) electrons. The Morgan fingerprint density at radius 1 is 1.32 bits per heavy atom. The van der Waals surface area contributed by atoms with Gasteiger partial charge in [-0.25, -0.2) is 0 Å². The van der Waals surface area contributed by atoms with E-state index >= 15 is 0 Å². The molecule has 3 rings (SSSR count). The van der Waals surface area contributed by atoms with Crippen LogP contribution >= 0.6 is 0 Å². The summed E-state index contributed by atoms with van der Waals surface area (Å²) in [6.45, 7) is 4.05. The summed E-state index contributed by atoms with van der Waals surface area (Å²) in [5.74, 6) is 1.02. The largest absolute Gasteiger partial charge is 0.385 e. The van der Waals surface area contributed by atoms with E-state index in [2.05, 4.69) is 36.5 Å². The van der Waals surface area contributed by atoms with Crippen molar-refractivity contribution in [2.24, 2.45) is 5.92 Å². The maximum atomic E-state index is 11.3. The van der Waals surface area contributed by atoms with Crippen molar-refractivity contribution in [3.8, 4) is 0 Å². The Labute approximate surface area is 116 Å². The Morgan fingerprint density at radius 3 is 2.79 bits per heavy atom. The Bertz CT molecular complexity index is 441. The van der Waals surface area contributed by atoms with Crippen LogP contribution in [0, 0.1) is 5.92 Å². The topological polar surface area (TPSA) is 32.3 Å². The predicted octanol–water partition coefficient (Wildman–Crippen LogP) is 3.16. The first-order valence-corrected chi connectivity index (χ1v) is 7.78. The normalized spacial score (nSPS) is 32.0. The number of rotatable bonds is 3. The van der Waals surface area contributed by atoms with Gasteiger partial charge in [-0.15, -0.1) is 0 Å². The second-order valence-corrected chi connectivity index (χ2v) is 6.20. The Kier molecular flexibility index (Phi) is 3.64. The molecule has 0 bridgehead atoms. The highest BCUT2D eigenvalue weighted by Gasteiger charge is 2.41. The highest BCUT2D eigenvalue weighted by atomic mass is 16.3. The quantitative estimate of drug-likeness (QED) is 0.874. The van der Waals surface area contributed by atoms with E-state index in [1.54, 1.807) is 0 Å². The summed E-state index contributed by atoms with van der Waals surface area (Å²) in [5.41, 5.74) is 2.01. The van der Waals surface area contributed by atoms with Gasteiger partial charge in [0.2, 0.25) is 0 Å². The van der Waals surface area contributed by atoms with E-state index in [9.17, 15) is 5.11 Å². The maximum absolute atomic E-state index is 11.3. The van der Waals surface area contributed by atoms with Gasteiger partial charge in [-0.3, -0.25) is 0 Å². The molecule has 2 atom stereocenters. The minimum atomic E-state index is -0.619. The fourth-order valence-corrected chi connectivity index (χ4v) is 3.73. The molecule has 1 aliphatic carbocycles. The molecule has 0 spiro atoms. The summed E-state index contributed by atoms with van der Waals surface area (Å²) in [6.07, 6.45) is 5.80. The number of piperidine rings is 1. The Balaban J connectivity index is 1.99. The van der Waals surface area contributed by atoms with Crippen LogP contribution in [0.2, 0.25) is 0 Å². The zero-order valence-electron chi connectivity index (χ0n) is 11.9. The van der Waals surface area contributed by atoms with Crippen molar-refractivity contribution in [1.29, 1.82) is 0 Å². The number of hydrogen-bond donors (Lipinski definition) is 2. The molecule has 0 aromatic heterocycles. The van der Waals surface area contributed by atoms with Crippen molar-refractivity contribution in [2.45, 2.75) is 50.5 Å². The second kappa shape index (κ2) is 5.26. The molecule has 1 heterocycles. The SMILES string of the molecule is CCC1CNCCC1(O)c1ccccc1C1CCC1. The van der Waals surface area contributed by atoms with Gasteiger partial charge in [-0.05, 0) is 49.3 Å². The van der Waals surface area contributed by atoms with Crippen LogP contribution in [-0.4, -0.2) is 18.2 Å². The van der Waals surface area contributed by atoms with Gasteiger partial charge in [0.05, 0.1) is 5.60 Å². The number of nitrogens with one attached hydrogen (secondary N) is 1. The van der Waals surface area contributed by atoms with Crippen LogP contribution in [0.5, 0.6) is 0 Å². The van der Waals surface area contributed by atoms with Crippen molar-refractivity contribution in [2.75, 3.05) is 13.1 Å². The fourth-order valence-electron chi connectivity index (χ4n) is 3.73. The van der Waals surface area contributed by atoms with Crippen LogP contribution in [0.1, 0.15) is 56.1 Å². The standard InChI is InChI=1S/C17H25NO/c1-2-14-12-18-11-10-17(14,19)16-9-4-3-8-15(16)13-6-5-7-13/h3-4,8-9,13-14,18-19H,2,5-7,10-12H2,1H3. The molecule has 1 saturated carbocycles. The summed E-state index contributed by atoms with van der Waals surface area (Å²) in [7, 11) is 0. The lowest BCUT2D eigenvalue weighted by Crippen LogP contribution is -2.48. The van der Waals surface area contributed by atoms with E-state index < -0.39 is 5.60 Å². The van der Waals surface area contributed by atoms with Crippen LogP contribution < -0.4 is 5.32 Å². The molecule has 1 aromatic rings. The third-order valence-corrected chi connectivity index (χ3v) is 5.21. The third-order valence-electron chi connectivity index (χ3n) is 5.21.